The molecule has 5 rings (SSSR count). The second-order valence-electron chi connectivity index (χ2n) is 7.02. The summed E-state index contributed by atoms with van der Waals surface area (Å²) in [6, 6.07) is 22.0. The fourth-order valence-corrected chi connectivity index (χ4v) is 4.07. The fraction of sp³-hybridized carbons (Fsp3) is 0.136. The van der Waals surface area contributed by atoms with E-state index in [9.17, 15) is 10.1 Å². The largest absolute Gasteiger partial charge is 0.464 e. The first-order chi connectivity index (χ1) is 14.1. The minimum absolute atomic E-state index is 0.0432. The summed E-state index contributed by atoms with van der Waals surface area (Å²) in [5, 5.41) is 18.7. The number of nitrogens with zero attached hydrogens (tertiary/aromatic N) is 3. The molecule has 0 aromatic heterocycles. The van der Waals surface area contributed by atoms with Gasteiger partial charge in [0.25, 0.3) is 5.69 Å². The van der Waals surface area contributed by atoms with Crippen LogP contribution in [0.25, 0.3) is 0 Å². The normalized spacial score (nSPS) is 19.8. The third-order valence-electron chi connectivity index (χ3n) is 5.23. The van der Waals surface area contributed by atoms with E-state index in [1.54, 1.807) is 12.1 Å². The summed E-state index contributed by atoms with van der Waals surface area (Å²) in [6.07, 6.45) is 0.173. The van der Waals surface area contributed by atoms with Crippen LogP contribution in [0.1, 0.15) is 35.4 Å². The third kappa shape index (κ3) is 3.11. The Kier molecular flexibility index (Phi) is 4.21. The van der Waals surface area contributed by atoms with Gasteiger partial charge in [-0.2, -0.15) is 5.10 Å². The van der Waals surface area contributed by atoms with E-state index in [1.165, 1.54) is 6.07 Å². The highest BCUT2D eigenvalue weighted by Crippen LogP contribution is 2.48. The summed E-state index contributed by atoms with van der Waals surface area (Å²) >= 11 is 6.20. The summed E-state index contributed by atoms with van der Waals surface area (Å²) in [7, 11) is 0. The predicted molar refractivity (Wildman–Crippen MR) is 110 cm³/mol. The van der Waals surface area contributed by atoms with Gasteiger partial charge in [-0.05, 0) is 23.8 Å². The number of ether oxygens (including phenoxy) is 1. The zero-order valence-corrected chi connectivity index (χ0v) is 16.0. The van der Waals surface area contributed by atoms with Gasteiger partial charge < -0.3 is 4.74 Å². The highest BCUT2D eigenvalue weighted by atomic mass is 35.5. The first kappa shape index (κ1) is 17.7. The van der Waals surface area contributed by atoms with Crippen LogP contribution in [-0.4, -0.2) is 15.6 Å². The summed E-state index contributed by atoms with van der Waals surface area (Å²) in [6.45, 7) is 0. The molecule has 0 aliphatic carbocycles. The molecule has 3 aromatic carbocycles. The molecule has 2 heterocycles. The monoisotopic (exact) mass is 405 g/mol. The predicted octanol–water partition coefficient (Wildman–Crippen LogP) is 5.49. The van der Waals surface area contributed by atoms with E-state index in [0.717, 1.165) is 22.4 Å². The molecule has 6 nitrogen and oxygen atoms in total. The molecule has 29 heavy (non-hydrogen) atoms. The van der Waals surface area contributed by atoms with E-state index in [-0.39, 0.29) is 16.7 Å². The van der Waals surface area contributed by atoms with Crippen LogP contribution in [0.4, 0.5) is 5.69 Å². The Labute approximate surface area is 172 Å². The molecule has 7 heteroatoms. The van der Waals surface area contributed by atoms with Crippen LogP contribution < -0.4 is 4.74 Å². The zero-order chi connectivity index (χ0) is 20.0. The molecular formula is C22H16ClN3O3. The van der Waals surface area contributed by atoms with Crippen molar-refractivity contribution in [2.24, 2.45) is 5.10 Å². The average molecular weight is 406 g/mol. The number of halogens is 1. The van der Waals surface area contributed by atoms with Gasteiger partial charge >= 0.3 is 0 Å². The highest BCUT2D eigenvalue weighted by Gasteiger charge is 2.41. The van der Waals surface area contributed by atoms with Crippen molar-refractivity contribution in [3.05, 3.63) is 105 Å². The summed E-state index contributed by atoms with van der Waals surface area (Å²) < 4.78 is 6.24. The van der Waals surface area contributed by atoms with Gasteiger partial charge in [-0.1, -0.05) is 54.1 Å². The molecule has 0 N–H and O–H groups in total. The third-order valence-corrected chi connectivity index (χ3v) is 5.46. The Morgan fingerprint density at radius 2 is 1.90 bits per heavy atom. The Balaban J connectivity index is 1.62. The van der Waals surface area contributed by atoms with Gasteiger partial charge in [0.1, 0.15) is 5.75 Å². The van der Waals surface area contributed by atoms with Crippen LogP contribution in [0.3, 0.4) is 0 Å². The van der Waals surface area contributed by atoms with Gasteiger partial charge in [0.2, 0.25) is 6.23 Å². The summed E-state index contributed by atoms with van der Waals surface area (Å²) in [5.41, 5.74) is 3.64. The van der Waals surface area contributed by atoms with Crippen LogP contribution in [-0.2, 0) is 0 Å². The molecule has 0 spiro atoms. The summed E-state index contributed by atoms with van der Waals surface area (Å²) in [4.78, 5) is 10.9. The lowest BCUT2D eigenvalue weighted by atomic mass is 9.95. The highest BCUT2D eigenvalue weighted by molar-refractivity contribution is 6.30. The van der Waals surface area contributed by atoms with Crippen molar-refractivity contribution in [3.8, 4) is 5.75 Å². The lowest BCUT2D eigenvalue weighted by Crippen LogP contribution is -2.33. The number of hydrogen-bond donors (Lipinski definition) is 0. The molecule has 0 bridgehead atoms. The second-order valence-corrected chi connectivity index (χ2v) is 7.45. The van der Waals surface area contributed by atoms with Gasteiger partial charge in [0.15, 0.2) is 0 Å². The lowest BCUT2D eigenvalue weighted by Gasteiger charge is -2.38. The molecule has 0 saturated heterocycles. The van der Waals surface area contributed by atoms with Gasteiger partial charge in [-0.15, -0.1) is 0 Å². The van der Waals surface area contributed by atoms with Crippen molar-refractivity contribution >= 4 is 23.0 Å². The van der Waals surface area contributed by atoms with E-state index < -0.39 is 6.23 Å². The van der Waals surface area contributed by atoms with E-state index in [4.69, 9.17) is 21.4 Å². The quantitative estimate of drug-likeness (QED) is 0.426. The molecule has 0 amide bonds. The van der Waals surface area contributed by atoms with Crippen molar-refractivity contribution in [1.29, 1.82) is 0 Å². The fourth-order valence-electron chi connectivity index (χ4n) is 3.87. The molecule has 0 saturated carbocycles. The molecule has 2 atom stereocenters. The first-order valence-corrected chi connectivity index (χ1v) is 9.59. The van der Waals surface area contributed by atoms with Crippen molar-refractivity contribution < 1.29 is 9.66 Å². The number of non-ortho nitro benzene ring substituents is 1. The van der Waals surface area contributed by atoms with Crippen LogP contribution >= 0.6 is 11.6 Å². The Bertz CT molecular complexity index is 1130. The Hall–Kier alpha value is -3.38. The van der Waals surface area contributed by atoms with Crippen LogP contribution in [0, 0.1) is 10.1 Å². The van der Waals surface area contributed by atoms with E-state index in [2.05, 4.69) is 0 Å². The number of hydrazone groups is 1. The minimum atomic E-state index is -0.464. The Morgan fingerprint density at radius 1 is 1.07 bits per heavy atom. The van der Waals surface area contributed by atoms with Crippen LogP contribution in [0.5, 0.6) is 5.75 Å². The molecule has 3 aromatic rings. The number of hydrogen-bond acceptors (Lipinski definition) is 5. The van der Waals surface area contributed by atoms with Crippen LogP contribution in [0.2, 0.25) is 5.02 Å². The maximum absolute atomic E-state index is 11.3. The van der Waals surface area contributed by atoms with Gasteiger partial charge in [-0.3, -0.25) is 10.1 Å². The number of rotatable bonds is 3. The number of nitro groups is 1. The topological polar surface area (TPSA) is 68.0 Å². The Morgan fingerprint density at radius 3 is 2.66 bits per heavy atom. The SMILES string of the molecule is O=[N+]([O-])c1ccc2c(c1)[C@H]1CC(c3ccccc3)=NN1[C@H](c1cccc(Cl)c1)O2. The van der Waals surface area contributed by atoms with Crippen molar-refractivity contribution in [2.75, 3.05) is 0 Å². The maximum atomic E-state index is 11.3. The minimum Gasteiger partial charge on any atom is -0.464 e. The van der Waals surface area contributed by atoms with E-state index in [0.29, 0.717) is 17.2 Å². The average Bonchev–Trinajstić information content (AvgIpc) is 3.19. The first-order valence-electron chi connectivity index (χ1n) is 9.22. The molecule has 0 unspecified atom stereocenters. The van der Waals surface area contributed by atoms with Gasteiger partial charge in [0.05, 0.1) is 16.7 Å². The second kappa shape index (κ2) is 6.90. The van der Waals surface area contributed by atoms with Crippen LogP contribution in [0.15, 0.2) is 77.9 Å². The molecule has 144 valence electrons. The molecule has 2 aliphatic rings. The molecule has 2 aliphatic heterocycles. The number of nitro benzene ring substituents is 1. The zero-order valence-electron chi connectivity index (χ0n) is 15.2. The maximum Gasteiger partial charge on any atom is 0.270 e. The van der Waals surface area contributed by atoms with E-state index in [1.807, 2.05) is 59.6 Å². The number of fused-ring (bicyclic) bond motifs is 3. The van der Waals surface area contributed by atoms with Gasteiger partial charge in [-0.25, -0.2) is 5.01 Å². The molecule has 0 radical (unpaired) electrons. The smallest absolute Gasteiger partial charge is 0.270 e. The summed E-state index contributed by atoms with van der Waals surface area (Å²) in [5.74, 6) is 0.631. The number of benzene rings is 3. The molecular weight excluding hydrogens is 390 g/mol. The lowest BCUT2D eigenvalue weighted by molar-refractivity contribution is -0.385. The van der Waals surface area contributed by atoms with Crippen molar-refractivity contribution in [1.82, 2.24) is 5.01 Å². The van der Waals surface area contributed by atoms with Crippen molar-refractivity contribution in [3.63, 3.8) is 0 Å². The van der Waals surface area contributed by atoms with Gasteiger partial charge in [0, 0.05) is 34.7 Å². The molecule has 0 fully saturated rings. The van der Waals surface area contributed by atoms with Crippen molar-refractivity contribution in [2.45, 2.75) is 18.7 Å². The standard InChI is InChI=1S/C22H16ClN3O3/c23-16-8-4-7-15(11-16)22-25-20(13-19(24-25)14-5-2-1-3-6-14)18-12-17(26(27)28)9-10-21(18)29-22/h1-12,20,22H,13H2/t20-,22+/m1/s1. The van der Waals surface area contributed by atoms with E-state index >= 15 is 0 Å².